The lowest BCUT2D eigenvalue weighted by atomic mass is 9.84. The van der Waals surface area contributed by atoms with Gasteiger partial charge in [0.05, 0.1) is 6.54 Å². The van der Waals surface area contributed by atoms with E-state index in [4.69, 9.17) is 0 Å². The molecule has 1 aromatic carbocycles. The molecule has 0 aliphatic carbocycles. The molecule has 0 atom stereocenters. The van der Waals surface area contributed by atoms with Crippen LogP contribution in [0.25, 0.3) is 0 Å². The third-order valence-corrected chi connectivity index (χ3v) is 2.67. The van der Waals surface area contributed by atoms with Gasteiger partial charge >= 0.3 is 0 Å². The Labute approximate surface area is 114 Å². The van der Waals surface area contributed by atoms with Crippen LogP contribution >= 0.6 is 12.4 Å². The van der Waals surface area contributed by atoms with Crippen LogP contribution in [0.3, 0.4) is 0 Å². The predicted molar refractivity (Wildman–Crippen MR) is 73.6 cm³/mol. The summed E-state index contributed by atoms with van der Waals surface area (Å²) in [6.45, 7) is 4.72. The largest absolute Gasteiger partial charge is 0.354 e. The van der Waals surface area contributed by atoms with Gasteiger partial charge in [-0.3, -0.25) is 4.79 Å². The molecule has 0 aliphatic rings. The average molecular weight is 275 g/mol. The molecule has 0 radical (unpaired) electrons. The summed E-state index contributed by atoms with van der Waals surface area (Å²) in [6, 6.07) is 6.47. The van der Waals surface area contributed by atoms with E-state index in [0.717, 1.165) is 5.56 Å². The number of likely N-dealkylation sites (N-methyl/N-ethyl adjacent to an activating group) is 1. The maximum atomic E-state index is 13.1. The number of hydrogen-bond donors (Lipinski definition) is 2. The van der Waals surface area contributed by atoms with E-state index in [2.05, 4.69) is 10.6 Å². The Kier molecular flexibility index (Phi) is 6.88. The Morgan fingerprint density at radius 1 is 1.39 bits per heavy atom. The van der Waals surface area contributed by atoms with E-state index in [1.54, 1.807) is 13.1 Å². The van der Waals surface area contributed by atoms with Gasteiger partial charge in [-0.15, -0.1) is 12.4 Å². The van der Waals surface area contributed by atoms with Crippen molar-refractivity contribution in [3.05, 3.63) is 35.6 Å². The Balaban J connectivity index is 0.00000289. The molecule has 1 rings (SSSR count). The van der Waals surface area contributed by atoms with Crippen molar-refractivity contribution in [2.45, 2.75) is 19.3 Å². The minimum atomic E-state index is -0.286. The quantitative estimate of drug-likeness (QED) is 0.861. The number of carbonyl (C=O) groups excluding carboxylic acids is 1. The third-order valence-electron chi connectivity index (χ3n) is 2.67. The highest BCUT2D eigenvalue weighted by Gasteiger charge is 2.21. The van der Waals surface area contributed by atoms with Crippen LogP contribution < -0.4 is 10.6 Å². The molecule has 2 N–H and O–H groups in total. The van der Waals surface area contributed by atoms with Gasteiger partial charge in [0.1, 0.15) is 5.82 Å². The molecule has 1 amide bonds. The van der Waals surface area contributed by atoms with Crippen LogP contribution in [-0.2, 0) is 10.2 Å². The lowest BCUT2D eigenvalue weighted by molar-refractivity contribution is -0.120. The second kappa shape index (κ2) is 7.34. The SMILES string of the molecule is CNCC(=O)NCC(C)(C)c1cccc(F)c1.Cl. The second-order valence-corrected chi connectivity index (χ2v) is 4.70. The Morgan fingerprint density at radius 2 is 2.06 bits per heavy atom. The lowest BCUT2D eigenvalue weighted by Crippen LogP contribution is -2.40. The highest BCUT2D eigenvalue weighted by molar-refractivity contribution is 5.85. The number of halogens is 2. The first-order valence-electron chi connectivity index (χ1n) is 5.63. The summed E-state index contributed by atoms with van der Waals surface area (Å²) < 4.78 is 13.1. The van der Waals surface area contributed by atoms with E-state index < -0.39 is 0 Å². The summed E-state index contributed by atoms with van der Waals surface area (Å²) in [6.07, 6.45) is 0. The smallest absolute Gasteiger partial charge is 0.233 e. The first-order valence-corrected chi connectivity index (χ1v) is 5.63. The van der Waals surface area contributed by atoms with Crippen LogP contribution in [0.15, 0.2) is 24.3 Å². The summed E-state index contributed by atoms with van der Waals surface area (Å²) >= 11 is 0. The van der Waals surface area contributed by atoms with Crippen molar-refractivity contribution < 1.29 is 9.18 Å². The van der Waals surface area contributed by atoms with Gasteiger partial charge in [-0.1, -0.05) is 26.0 Å². The van der Waals surface area contributed by atoms with Gasteiger partial charge in [0, 0.05) is 12.0 Å². The van der Waals surface area contributed by atoms with Gasteiger partial charge in [-0.2, -0.15) is 0 Å². The third kappa shape index (κ3) is 5.02. The van der Waals surface area contributed by atoms with Crippen molar-refractivity contribution >= 4 is 18.3 Å². The molecule has 0 fully saturated rings. The summed E-state index contributed by atoms with van der Waals surface area (Å²) in [5.41, 5.74) is 0.591. The molecule has 0 saturated carbocycles. The zero-order valence-corrected chi connectivity index (χ0v) is 11.7. The van der Waals surface area contributed by atoms with Crippen LogP contribution in [0.1, 0.15) is 19.4 Å². The number of nitrogens with one attached hydrogen (secondary N) is 2. The molecule has 5 heteroatoms. The molecule has 3 nitrogen and oxygen atoms in total. The second-order valence-electron chi connectivity index (χ2n) is 4.70. The molecule has 0 unspecified atom stereocenters. The van der Waals surface area contributed by atoms with Gasteiger partial charge < -0.3 is 10.6 Å². The molecular weight excluding hydrogens is 255 g/mol. The normalized spacial score (nSPS) is 10.7. The average Bonchev–Trinajstić information content (AvgIpc) is 2.27. The van der Waals surface area contributed by atoms with Crippen LogP contribution in [-0.4, -0.2) is 26.0 Å². The van der Waals surface area contributed by atoms with Gasteiger partial charge in [0.2, 0.25) is 5.91 Å². The van der Waals surface area contributed by atoms with E-state index in [1.165, 1.54) is 12.1 Å². The molecule has 18 heavy (non-hydrogen) atoms. The molecular formula is C13H20ClFN2O. The molecule has 1 aromatic rings. The summed E-state index contributed by atoms with van der Waals surface area (Å²) in [4.78, 5) is 11.3. The van der Waals surface area contributed by atoms with E-state index in [-0.39, 0.29) is 29.5 Å². The number of benzene rings is 1. The van der Waals surface area contributed by atoms with Gasteiger partial charge in [0.15, 0.2) is 0 Å². The maximum absolute atomic E-state index is 13.1. The molecule has 0 heterocycles. The summed E-state index contributed by atoms with van der Waals surface area (Å²) in [7, 11) is 1.72. The van der Waals surface area contributed by atoms with Gasteiger partial charge in [-0.05, 0) is 24.7 Å². The molecule has 0 spiro atoms. The van der Waals surface area contributed by atoms with Crippen LogP contribution in [0.2, 0.25) is 0 Å². The number of hydrogen-bond acceptors (Lipinski definition) is 2. The highest BCUT2D eigenvalue weighted by atomic mass is 35.5. The maximum Gasteiger partial charge on any atom is 0.233 e. The minimum absolute atomic E-state index is 0. The lowest BCUT2D eigenvalue weighted by Gasteiger charge is -2.25. The van der Waals surface area contributed by atoms with Crippen LogP contribution in [0.5, 0.6) is 0 Å². The number of rotatable bonds is 5. The first-order chi connectivity index (χ1) is 7.95. The fourth-order valence-corrected chi connectivity index (χ4v) is 1.55. The molecule has 0 bridgehead atoms. The van der Waals surface area contributed by atoms with E-state index in [1.807, 2.05) is 19.9 Å². The van der Waals surface area contributed by atoms with E-state index in [0.29, 0.717) is 13.1 Å². The zero-order valence-electron chi connectivity index (χ0n) is 10.9. The van der Waals surface area contributed by atoms with Crippen molar-refractivity contribution in [2.24, 2.45) is 0 Å². The Morgan fingerprint density at radius 3 is 2.61 bits per heavy atom. The van der Waals surface area contributed by atoms with Gasteiger partial charge in [0.25, 0.3) is 0 Å². The fraction of sp³-hybridized carbons (Fsp3) is 0.462. The fourth-order valence-electron chi connectivity index (χ4n) is 1.55. The van der Waals surface area contributed by atoms with E-state index in [9.17, 15) is 9.18 Å². The Hall–Kier alpha value is -1.13. The Bertz CT molecular complexity index is 396. The zero-order chi connectivity index (χ0) is 12.9. The van der Waals surface area contributed by atoms with Crippen molar-refractivity contribution in [3.63, 3.8) is 0 Å². The van der Waals surface area contributed by atoms with Gasteiger partial charge in [-0.25, -0.2) is 4.39 Å². The molecule has 0 saturated heterocycles. The topological polar surface area (TPSA) is 41.1 Å². The number of carbonyl (C=O) groups is 1. The van der Waals surface area contributed by atoms with Crippen LogP contribution in [0, 0.1) is 5.82 Å². The van der Waals surface area contributed by atoms with Crippen molar-refractivity contribution in [3.8, 4) is 0 Å². The number of amides is 1. The molecule has 102 valence electrons. The standard InChI is InChI=1S/C13H19FN2O.ClH/c1-13(2,9-16-12(17)8-15-3)10-5-4-6-11(14)7-10;/h4-7,15H,8-9H2,1-3H3,(H,16,17);1H. The van der Waals surface area contributed by atoms with Crippen LogP contribution in [0.4, 0.5) is 4.39 Å². The molecule has 0 aromatic heterocycles. The van der Waals surface area contributed by atoms with E-state index >= 15 is 0 Å². The first kappa shape index (κ1) is 16.9. The predicted octanol–water partition coefficient (Wildman–Crippen LogP) is 1.86. The summed E-state index contributed by atoms with van der Waals surface area (Å²) in [5.74, 6) is -0.311. The highest BCUT2D eigenvalue weighted by Crippen LogP contribution is 2.22. The van der Waals surface area contributed by atoms with Crippen molar-refractivity contribution in [1.29, 1.82) is 0 Å². The van der Waals surface area contributed by atoms with Crippen molar-refractivity contribution in [1.82, 2.24) is 10.6 Å². The monoisotopic (exact) mass is 274 g/mol. The minimum Gasteiger partial charge on any atom is -0.354 e. The summed E-state index contributed by atoms with van der Waals surface area (Å²) in [5, 5.41) is 5.60. The molecule has 0 aliphatic heterocycles. The van der Waals surface area contributed by atoms with Crippen molar-refractivity contribution in [2.75, 3.05) is 20.1 Å².